The lowest BCUT2D eigenvalue weighted by Gasteiger charge is -2.26. The van der Waals surface area contributed by atoms with Crippen LogP contribution >= 0.6 is 15.9 Å². The molecule has 2 N–H and O–H groups in total. The van der Waals surface area contributed by atoms with Gasteiger partial charge in [0.15, 0.2) is 0 Å². The van der Waals surface area contributed by atoms with E-state index in [1.165, 1.54) is 24.1 Å². The molecule has 0 saturated carbocycles. The second kappa shape index (κ2) is 4.54. The van der Waals surface area contributed by atoms with Crippen LogP contribution in [0.2, 0.25) is 0 Å². The quantitative estimate of drug-likeness (QED) is 0.894. The Balaban J connectivity index is 2.36. The Labute approximate surface area is 99.6 Å². The zero-order chi connectivity index (χ0) is 10.8. The van der Waals surface area contributed by atoms with Crippen LogP contribution in [0.1, 0.15) is 25.3 Å². The lowest BCUT2D eigenvalue weighted by atomic mass is 10.1. The third-order valence-corrected chi connectivity index (χ3v) is 3.62. The van der Waals surface area contributed by atoms with Crippen molar-refractivity contribution in [3.63, 3.8) is 0 Å². The fourth-order valence-electron chi connectivity index (χ4n) is 2.27. The molecule has 1 heterocycles. The third-order valence-electron chi connectivity index (χ3n) is 3.13. The largest absolute Gasteiger partial charge is 0.369 e. The molecule has 1 aliphatic rings. The molecule has 1 aromatic carbocycles. The van der Waals surface area contributed by atoms with Gasteiger partial charge in [-0.2, -0.15) is 0 Å². The van der Waals surface area contributed by atoms with Crippen LogP contribution in [0, 0.1) is 0 Å². The smallest absolute Gasteiger partial charge is 0.0425 e. The topological polar surface area (TPSA) is 29.3 Å². The van der Waals surface area contributed by atoms with E-state index in [2.05, 4.69) is 46.0 Å². The maximum absolute atomic E-state index is 5.77. The molecule has 0 aliphatic carbocycles. The van der Waals surface area contributed by atoms with E-state index in [1.54, 1.807) is 0 Å². The van der Waals surface area contributed by atoms with Crippen molar-refractivity contribution in [3.05, 3.63) is 28.2 Å². The highest BCUT2D eigenvalue weighted by molar-refractivity contribution is 9.10. The molecular weight excluding hydrogens is 252 g/mol. The van der Waals surface area contributed by atoms with Crippen LogP contribution in [0.25, 0.3) is 0 Å². The molecule has 0 amide bonds. The Morgan fingerprint density at radius 2 is 2.33 bits per heavy atom. The van der Waals surface area contributed by atoms with Crippen molar-refractivity contribution in [3.8, 4) is 0 Å². The van der Waals surface area contributed by atoms with Gasteiger partial charge in [0, 0.05) is 29.3 Å². The summed E-state index contributed by atoms with van der Waals surface area (Å²) in [7, 11) is 0. The molecule has 1 unspecified atom stereocenters. The Hall–Kier alpha value is -0.540. The van der Waals surface area contributed by atoms with Crippen LogP contribution in [-0.4, -0.2) is 12.6 Å². The number of rotatable bonds is 2. The summed E-state index contributed by atoms with van der Waals surface area (Å²) in [5.74, 6) is 0. The number of benzene rings is 1. The van der Waals surface area contributed by atoms with E-state index in [0.29, 0.717) is 12.6 Å². The highest BCUT2D eigenvalue weighted by atomic mass is 79.9. The molecule has 0 aromatic heterocycles. The first kappa shape index (κ1) is 11.0. The van der Waals surface area contributed by atoms with Gasteiger partial charge < -0.3 is 10.6 Å². The molecule has 15 heavy (non-hydrogen) atoms. The van der Waals surface area contributed by atoms with Crippen molar-refractivity contribution < 1.29 is 0 Å². The summed E-state index contributed by atoms with van der Waals surface area (Å²) in [6.07, 6.45) is 2.58. The van der Waals surface area contributed by atoms with Gasteiger partial charge in [-0.3, -0.25) is 0 Å². The van der Waals surface area contributed by atoms with Gasteiger partial charge in [-0.05, 0) is 37.5 Å². The Kier molecular flexibility index (Phi) is 3.32. The van der Waals surface area contributed by atoms with Crippen LogP contribution in [0.5, 0.6) is 0 Å². The molecular formula is C12H17BrN2. The summed E-state index contributed by atoms with van der Waals surface area (Å²) in [5.41, 5.74) is 8.32. The van der Waals surface area contributed by atoms with Crippen molar-refractivity contribution in [2.45, 2.75) is 32.4 Å². The number of halogens is 1. The Morgan fingerprint density at radius 1 is 1.53 bits per heavy atom. The molecule has 2 nitrogen and oxygen atoms in total. The number of nitrogens with zero attached hydrogens (tertiary/aromatic N) is 1. The van der Waals surface area contributed by atoms with Gasteiger partial charge >= 0.3 is 0 Å². The molecule has 0 radical (unpaired) electrons. The van der Waals surface area contributed by atoms with Crippen LogP contribution in [0.3, 0.4) is 0 Å². The number of hydrogen-bond donors (Lipinski definition) is 1. The number of anilines is 1. The fourth-order valence-corrected chi connectivity index (χ4v) is 2.62. The monoisotopic (exact) mass is 268 g/mol. The highest BCUT2D eigenvalue weighted by Crippen LogP contribution is 2.30. The molecule has 1 atom stereocenters. The lowest BCUT2D eigenvalue weighted by Crippen LogP contribution is -2.27. The number of nitrogens with two attached hydrogens (primary N) is 1. The Morgan fingerprint density at radius 3 is 2.93 bits per heavy atom. The summed E-state index contributed by atoms with van der Waals surface area (Å²) < 4.78 is 1.13. The highest BCUT2D eigenvalue weighted by Gasteiger charge is 2.22. The molecule has 0 bridgehead atoms. The van der Waals surface area contributed by atoms with Crippen molar-refractivity contribution in [1.29, 1.82) is 0 Å². The summed E-state index contributed by atoms with van der Waals surface area (Å²) >= 11 is 3.53. The minimum Gasteiger partial charge on any atom is -0.369 e. The van der Waals surface area contributed by atoms with Crippen LogP contribution in [-0.2, 0) is 6.54 Å². The predicted molar refractivity (Wildman–Crippen MR) is 68.1 cm³/mol. The maximum Gasteiger partial charge on any atom is 0.0425 e. The first-order valence-electron chi connectivity index (χ1n) is 5.47. The lowest BCUT2D eigenvalue weighted by molar-refractivity contribution is 0.731. The van der Waals surface area contributed by atoms with Crippen LogP contribution < -0.4 is 10.6 Å². The molecule has 82 valence electrons. The van der Waals surface area contributed by atoms with Gasteiger partial charge in [-0.15, -0.1) is 0 Å². The van der Waals surface area contributed by atoms with Crippen LogP contribution in [0.15, 0.2) is 22.7 Å². The zero-order valence-corrected chi connectivity index (χ0v) is 10.6. The Bertz CT molecular complexity index is 351. The standard InChI is InChI=1S/C12H17BrN2/c1-9-3-2-6-15(9)12-7-11(13)5-4-10(12)8-14/h4-5,7,9H,2-3,6,8,14H2,1H3. The van der Waals surface area contributed by atoms with E-state index in [1.807, 2.05) is 0 Å². The van der Waals surface area contributed by atoms with E-state index in [9.17, 15) is 0 Å². The fraction of sp³-hybridized carbons (Fsp3) is 0.500. The average Bonchev–Trinajstić information content (AvgIpc) is 2.64. The minimum atomic E-state index is 0.617. The van der Waals surface area contributed by atoms with Gasteiger partial charge in [0.2, 0.25) is 0 Å². The van der Waals surface area contributed by atoms with E-state index < -0.39 is 0 Å². The summed E-state index contributed by atoms with van der Waals surface area (Å²) in [4.78, 5) is 2.47. The van der Waals surface area contributed by atoms with E-state index in [4.69, 9.17) is 5.73 Å². The van der Waals surface area contributed by atoms with Gasteiger partial charge in [0.05, 0.1) is 0 Å². The van der Waals surface area contributed by atoms with Crippen molar-refractivity contribution in [2.24, 2.45) is 5.73 Å². The zero-order valence-electron chi connectivity index (χ0n) is 9.04. The maximum atomic E-state index is 5.77. The van der Waals surface area contributed by atoms with Gasteiger partial charge in [0.25, 0.3) is 0 Å². The van der Waals surface area contributed by atoms with Crippen LogP contribution in [0.4, 0.5) is 5.69 Å². The molecule has 1 saturated heterocycles. The second-order valence-corrected chi connectivity index (χ2v) is 5.08. The minimum absolute atomic E-state index is 0.617. The predicted octanol–water partition coefficient (Wildman–Crippen LogP) is 2.90. The van der Waals surface area contributed by atoms with Crippen molar-refractivity contribution in [1.82, 2.24) is 0 Å². The molecule has 0 spiro atoms. The molecule has 1 aromatic rings. The molecule has 3 heteroatoms. The summed E-state index contributed by atoms with van der Waals surface area (Å²) in [5, 5.41) is 0. The van der Waals surface area contributed by atoms with E-state index >= 15 is 0 Å². The first-order valence-corrected chi connectivity index (χ1v) is 6.27. The number of hydrogen-bond acceptors (Lipinski definition) is 2. The van der Waals surface area contributed by atoms with Crippen molar-refractivity contribution >= 4 is 21.6 Å². The summed E-state index contributed by atoms with van der Waals surface area (Å²) in [6.45, 7) is 4.06. The van der Waals surface area contributed by atoms with Gasteiger partial charge in [-0.1, -0.05) is 22.0 Å². The SMILES string of the molecule is CC1CCCN1c1cc(Br)ccc1CN. The second-order valence-electron chi connectivity index (χ2n) is 4.16. The van der Waals surface area contributed by atoms with Gasteiger partial charge in [-0.25, -0.2) is 0 Å². The van der Waals surface area contributed by atoms with Crippen molar-refractivity contribution in [2.75, 3.05) is 11.4 Å². The average molecular weight is 269 g/mol. The normalized spacial score (nSPS) is 21.0. The summed E-state index contributed by atoms with van der Waals surface area (Å²) in [6, 6.07) is 7.01. The molecule has 1 aliphatic heterocycles. The molecule has 1 fully saturated rings. The third kappa shape index (κ3) is 2.18. The van der Waals surface area contributed by atoms with E-state index in [0.717, 1.165) is 11.0 Å². The first-order chi connectivity index (χ1) is 7.22. The van der Waals surface area contributed by atoms with E-state index in [-0.39, 0.29) is 0 Å². The van der Waals surface area contributed by atoms with Gasteiger partial charge in [0.1, 0.15) is 0 Å². The molecule has 2 rings (SSSR count).